The van der Waals surface area contributed by atoms with E-state index in [1.807, 2.05) is 13.0 Å². The molecule has 2 aromatic carbocycles. The van der Waals surface area contributed by atoms with E-state index in [2.05, 4.69) is 20.9 Å². The van der Waals surface area contributed by atoms with Gasteiger partial charge in [-0.2, -0.15) is 0 Å². The number of halogens is 3. The van der Waals surface area contributed by atoms with Crippen LogP contribution >= 0.6 is 50.5 Å². The third kappa shape index (κ3) is 2.97. The number of hydrogen-bond donors (Lipinski definition) is 1. The van der Waals surface area contributed by atoms with E-state index in [1.165, 1.54) is 0 Å². The summed E-state index contributed by atoms with van der Waals surface area (Å²) >= 11 is 17.1. The average Bonchev–Trinajstić information content (AvgIpc) is 2.75. The van der Waals surface area contributed by atoms with Gasteiger partial charge in [0.05, 0.1) is 31.0 Å². The first-order valence-electron chi connectivity index (χ1n) is 5.93. The highest BCUT2D eigenvalue weighted by Gasteiger charge is 2.12. The molecule has 1 aromatic heterocycles. The Balaban J connectivity index is 2.05. The molecule has 0 saturated carbocycles. The number of nitrogen functional groups attached to an aromatic ring is 1. The Morgan fingerprint density at radius 3 is 2.67 bits per heavy atom. The molecule has 0 aliphatic heterocycles. The summed E-state index contributed by atoms with van der Waals surface area (Å²) in [6, 6.07) is 6.98. The van der Waals surface area contributed by atoms with Gasteiger partial charge in [-0.25, -0.2) is 4.98 Å². The SMILES string of the molecule is Cc1nc2cc(Oc3cc(Cl)c(Br)cc3Cl)c(N)cc2s1. The maximum atomic E-state index is 6.16. The summed E-state index contributed by atoms with van der Waals surface area (Å²) in [4.78, 5) is 4.43. The van der Waals surface area contributed by atoms with Crippen LogP contribution < -0.4 is 10.5 Å². The van der Waals surface area contributed by atoms with Crippen molar-refractivity contribution in [2.75, 3.05) is 5.73 Å². The lowest BCUT2D eigenvalue weighted by molar-refractivity contribution is 0.486. The van der Waals surface area contributed by atoms with Gasteiger partial charge in [-0.15, -0.1) is 11.3 Å². The molecule has 0 bridgehead atoms. The molecule has 0 fully saturated rings. The number of benzene rings is 2. The zero-order valence-corrected chi connectivity index (χ0v) is 14.7. The molecule has 108 valence electrons. The van der Waals surface area contributed by atoms with Crippen LogP contribution in [0.1, 0.15) is 5.01 Å². The quantitative estimate of drug-likeness (QED) is 0.418. The van der Waals surface area contributed by atoms with E-state index in [4.69, 9.17) is 33.7 Å². The van der Waals surface area contributed by atoms with Gasteiger partial charge in [-0.1, -0.05) is 23.2 Å². The van der Waals surface area contributed by atoms with Crippen LogP contribution in [-0.2, 0) is 0 Å². The molecule has 7 heteroatoms. The second-order valence-electron chi connectivity index (χ2n) is 4.39. The summed E-state index contributed by atoms with van der Waals surface area (Å²) in [5, 5.41) is 1.94. The summed E-state index contributed by atoms with van der Waals surface area (Å²) in [6.45, 7) is 1.95. The highest BCUT2D eigenvalue weighted by Crippen LogP contribution is 2.39. The minimum absolute atomic E-state index is 0.445. The van der Waals surface area contributed by atoms with Crippen LogP contribution in [0, 0.1) is 6.92 Å². The van der Waals surface area contributed by atoms with Gasteiger partial charge >= 0.3 is 0 Å². The summed E-state index contributed by atoms with van der Waals surface area (Å²) in [5.74, 6) is 0.955. The predicted octanol–water partition coefficient (Wildman–Crippen LogP) is 6.05. The molecule has 0 aliphatic rings. The van der Waals surface area contributed by atoms with Crippen molar-refractivity contribution in [2.45, 2.75) is 6.92 Å². The second kappa shape index (κ2) is 5.65. The molecule has 2 N–H and O–H groups in total. The van der Waals surface area contributed by atoms with E-state index in [0.717, 1.165) is 15.2 Å². The van der Waals surface area contributed by atoms with Crippen LogP contribution in [0.3, 0.4) is 0 Å². The van der Waals surface area contributed by atoms with Crippen molar-refractivity contribution in [1.82, 2.24) is 4.98 Å². The lowest BCUT2D eigenvalue weighted by Gasteiger charge is -2.11. The second-order valence-corrected chi connectivity index (χ2v) is 7.29. The van der Waals surface area contributed by atoms with E-state index in [0.29, 0.717) is 31.7 Å². The van der Waals surface area contributed by atoms with Crippen molar-refractivity contribution < 1.29 is 4.74 Å². The molecule has 21 heavy (non-hydrogen) atoms. The Bertz CT molecular complexity index is 851. The topological polar surface area (TPSA) is 48.1 Å². The number of ether oxygens (including phenoxy) is 1. The fraction of sp³-hybridized carbons (Fsp3) is 0.0714. The lowest BCUT2D eigenvalue weighted by Crippen LogP contribution is -1.93. The fourth-order valence-corrected chi connectivity index (χ4v) is 3.56. The van der Waals surface area contributed by atoms with Crippen LogP contribution in [0.15, 0.2) is 28.7 Å². The molecule has 3 rings (SSSR count). The summed E-state index contributed by atoms with van der Waals surface area (Å²) < 4.78 is 7.53. The minimum Gasteiger partial charge on any atom is -0.453 e. The molecule has 0 amide bonds. The van der Waals surface area contributed by atoms with Crippen LogP contribution in [0.25, 0.3) is 10.2 Å². The van der Waals surface area contributed by atoms with Crippen molar-refractivity contribution in [3.8, 4) is 11.5 Å². The number of rotatable bonds is 2. The van der Waals surface area contributed by atoms with E-state index in [9.17, 15) is 0 Å². The Morgan fingerprint density at radius 2 is 1.90 bits per heavy atom. The number of fused-ring (bicyclic) bond motifs is 1. The van der Waals surface area contributed by atoms with Gasteiger partial charge in [0, 0.05) is 16.6 Å². The molecule has 0 saturated heterocycles. The third-order valence-electron chi connectivity index (χ3n) is 2.82. The molecular weight excluding hydrogens is 395 g/mol. The van der Waals surface area contributed by atoms with Gasteiger partial charge in [0.2, 0.25) is 0 Å². The van der Waals surface area contributed by atoms with Crippen LogP contribution in [0.2, 0.25) is 10.0 Å². The largest absolute Gasteiger partial charge is 0.453 e. The summed E-state index contributed by atoms with van der Waals surface area (Å²) in [5.41, 5.74) is 7.41. The van der Waals surface area contributed by atoms with Gasteiger partial charge < -0.3 is 10.5 Å². The highest BCUT2D eigenvalue weighted by atomic mass is 79.9. The highest BCUT2D eigenvalue weighted by molar-refractivity contribution is 9.10. The van der Waals surface area contributed by atoms with Crippen LogP contribution in [0.5, 0.6) is 11.5 Å². The Morgan fingerprint density at radius 1 is 1.14 bits per heavy atom. The number of thiazole rings is 1. The maximum Gasteiger partial charge on any atom is 0.152 e. The molecule has 0 atom stereocenters. The lowest BCUT2D eigenvalue weighted by atomic mass is 10.2. The number of aryl methyl sites for hydroxylation is 1. The zero-order valence-electron chi connectivity index (χ0n) is 10.8. The number of nitrogens with two attached hydrogens (primary N) is 1. The average molecular weight is 404 g/mol. The standard InChI is InChI=1S/C14H9BrCl2N2OS/c1-6-19-11-5-13(10(18)4-14(11)21-6)20-12-3-8(16)7(15)2-9(12)17/h2-5H,18H2,1H3. The maximum absolute atomic E-state index is 6.16. The number of aromatic nitrogens is 1. The van der Waals surface area contributed by atoms with Gasteiger partial charge in [-0.05, 0) is 35.0 Å². The number of nitrogens with zero attached hydrogens (tertiary/aromatic N) is 1. The molecule has 3 nitrogen and oxygen atoms in total. The predicted molar refractivity (Wildman–Crippen MR) is 93.0 cm³/mol. The van der Waals surface area contributed by atoms with Crippen molar-refractivity contribution in [2.24, 2.45) is 0 Å². The first kappa shape index (κ1) is 14.9. The monoisotopic (exact) mass is 402 g/mol. The van der Waals surface area contributed by atoms with Crippen LogP contribution in [-0.4, -0.2) is 4.98 Å². The minimum atomic E-state index is 0.445. The first-order chi connectivity index (χ1) is 9.94. The summed E-state index contributed by atoms with van der Waals surface area (Å²) in [6.07, 6.45) is 0. The van der Waals surface area contributed by atoms with E-state index >= 15 is 0 Å². The molecule has 3 aromatic rings. The van der Waals surface area contributed by atoms with Crippen molar-refractivity contribution in [3.05, 3.63) is 43.8 Å². The van der Waals surface area contributed by atoms with Crippen molar-refractivity contribution in [1.29, 1.82) is 0 Å². The molecule has 1 heterocycles. The Labute approximate surface area is 143 Å². The fourth-order valence-electron chi connectivity index (χ4n) is 1.88. The van der Waals surface area contributed by atoms with Crippen molar-refractivity contribution >= 4 is 66.4 Å². The van der Waals surface area contributed by atoms with Crippen LogP contribution in [0.4, 0.5) is 5.69 Å². The van der Waals surface area contributed by atoms with Gasteiger partial charge in [0.1, 0.15) is 5.75 Å². The van der Waals surface area contributed by atoms with Gasteiger partial charge in [0.25, 0.3) is 0 Å². The third-order valence-corrected chi connectivity index (χ3v) is 5.25. The van der Waals surface area contributed by atoms with Gasteiger partial charge in [-0.3, -0.25) is 0 Å². The molecule has 0 spiro atoms. The number of hydrogen-bond acceptors (Lipinski definition) is 4. The Kier molecular flexibility index (Phi) is 4.01. The van der Waals surface area contributed by atoms with Gasteiger partial charge in [0.15, 0.2) is 5.75 Å². The first-order valence-corrected chi connectivity index (χ1v) is 8.29. The smallest absolute Gasteiger partial charge is 0.152 e. The zero-order chi connectivity index (χ0) is 15.1. The molecule has 0 aliphatic carbocycles. The molecule has 0 unspecified atom stereocenters. The van der Waals surface area contributed by atoms with Crippen molar-refractivity contribution in [3.63, 3.8) is 0 Å². The van der Waals surface area contributed by atoms with E-state index < -0.39 is 0 Å². The normalized spacial score (nSPS) is 11.0. The van der Waals surface area contributed by atoms with E-state index in [-0.39, 0.29) is 0 Å². The molecular formula is C14H9BrCl2N2OS. The summed E-state index contributed by atoms with van der Waals surface area (Å²) in [7, 11) is 0. The Hall–Kier alpha value is -1.01. The van der Waals surface area contributed by atoms with E-state index in [1.54, 1.807) is 29.5 Å². The number of anilines is 1. The molecule has 0 radical (unpaired) electrons.